The second kappa shape index (κ2) is 5.19. The first-order chi connectivity index (χ1) is 8.49. The Bertz CT molecular complexity index is 624. The summed E-state index contributed by atoms with van der Waals surface area (Å²) in [5.74, 6) is -1.08. The third-order valence-electron chi connectivity index (χ3n) is 2.44. The van der Waals surface area contributed by atoms with Gasteiger partial charge in [-0.15, -0.1) is 0 Å². The Morgan fingerprint density at radius 3 is 2.28 bits per heavy atom. The molecule has 18 heavy (non-hydrogen) atoms. The van der Waals surface area contributed by atoms with E-state index in [9.17, 15) is 4.79 Å². The van der Waals surface area contributed by atoms with Gasteiger partial charge < -0.3 is 5.11 Å². The van der Waals surface area contributed by atoms with Crippen molar-refractivity contribution in [2.24, 2.45) is 0 Å². The highest BCUT2D eigenvalue weighted by Gasteiger charge is 2.12. The zero-order valence-electron chi connectivity index (χ0n) is 8.95. The van der Waals surface area contributed by atoms with Crippen LogP contribution in [0.4, 0.5) is 0 Å². The summed E-state index contributed by atoms with van der Waals surface area (Å²) in [7, 11) is 0. The summed E-state index contributed by atoms with van der Waals surface area (Å²) >= 11 is 17.7. The van der Waals surface area contributed by atoms with Gasteiger partial charge in [0.2, 0.25) is 0 Å². The van der Waals surface area contributed by atoms with Crippen molar-refractivity contribution in [2.45, 2.75) is 0 Å². The van der Waals surface area contributed by atoms with Gasteiger partial charge in [-0.3, -0.25) is 0 Å². The number of carboxylic acid groups (broad SMARTS) is 1. The molecule has 0 fully saturated rings. The van der Waals surface area contributed by atoms with Gasteiger partial charge in [-0.05, 0) is 29.8 Å². The zero-order valence-corrected chi connectivity index (χ0v) is 11.2. The van der Waals surface area contributed by atoms with Crippen molar-refractivity contribution in [3.05, 3.63) is 57.0 Å². The number of benzene rings is 2. The first kappa shape index (κ1) is 13.2. The van der Waals surface area contributed by atoms with E-state index >= 15 is 0 Å². The summed E-state index contributed by atoms with van der Waals surface area (Å²) in [5.41, 5.74) is 1.43. The predicted molar refractivity (Wildman–Crippen MR) is 73.9 cm³/mol. The molecular weight excluding hydrogens is 294 g/mol. The van der Waals surface area contributed by atoms with Gasteiger partial charge >= 0.3 is 5.97 Å². The number of halogens is 3. The molecule has 0 amide bonds. The van der Waals surface area contributed by atoms with Crippen LogP contribution in [0.2, 0.25) is 15.1 Å². The number of hydrogen-bond acceptors (Lipinski definition) is 1. The molecule has 0 atom stereocenters. The monoisotopic (exact) mass is 300 g/mol. The van der Waals surface area contributed by atoms with Crippen LogP contribution >= 0.6 is 34.8 Å². The molecule has 0 aromatic heterocycles. The van der Waals surface area contributed by atoms with Gasteiger partial charge in [0.05, 0.1) is 10.6 Å². The topological polar surface area (TPSA) is 37.3 Å². The number of carboxylic acids is 1. The molecule has 2 rings (SSSR count). The maximum absolute atomic E-state index is 11.0. The van der Waals surface area contributed by atoms with Gasteiger partial charge in [0, 0.05) is 15.6 Å². The summed E-state index contributed by atoms with van der Waals surface area (Å²) in [5, 5.41) is 10.2. The maximum Gasteiger partial charge on any atom is 0.337 e. The lowest BCUT2D eigenvalue weighted by Gasteiger charge is -2.07. The highest BCUT2D eigenvalue weighted by atomic mass is 35.5. The number of rotatable bonds is 2. The molecule has 2 aromatic rings. The molecule has 0 spiro atoms. The molecule has 0 saturated carbocycles. The normalized spacial score (nSPS) is 10.4. The van der Waals surface area contributed by atoms with E-state index < -0.39 is 5.97 Å². The van der Waals surface area contributed by atoms with E-state index in [1.165, 1.54) is 12.1 Å². The first-order valence-electron chi connectivity index (χ1n) is 4.97. The van der Waals surface area contributed by atoms with Crippen LogP contribution in [0, 0.1) is 0 Å². The summed E-state index contributed by atoms with van der Waals surface area (Å²) in [6.45, 7) is 0. The van der Waals surface area contributed by atoms with Gasteiger partial charge in [0.25, 0.3) is 0 Å². The molecule has 0 heterocycles. The van der Waals surface area contributed by atoms with Crippen LogP contribution in [0.5, 0.6) is 0 Å². The Kier molecular flexibility index (Phi) is 3.81. The molecule has 92 valence electrons. The van der Waals surface area contributed by atoms with Gasteiger partial charge in [0.1, 0.15) is 0 Å². The van der Waals surface area contributed by atoms with E-state index in [2.05, 4.69) is 0 Å². The van der Waals surface area contributed by atoms with Crippen molar-refractivity contribution in [2.75, 3.05) is 0 Å². The largest absolute Gasteiger partial charge is 0.478 e. The third kappa shape index (κ3) is 2.61. The van der Waals surface area contributed by atoms with E-state index in [1.54, 1.807) is 24.3 Å². The first-order valence-corrected chi connectivity index (χ1v) is 6.10. The smallest absolute Gasteiger partial charge is 0.337 e. The number of aromatic carboxylic acids is 1. The van der Waals surface area contributed by atoms with Crippen molar-refractivity contribution in [3.8, 4) is 11.1 Å². The quantitative estimate of drug-likeness (QED) is 0.846. The standard InChI is InChI=1S/C13H7Cl3O2/c14-8-2-3-9(12(16)6-8)7-1-4-11(15)10(5-7)13(17)18/h1-6H,(H,17,18). The third-order valence-corrected chi connectivity index (χ3v) is 3.32. The Morgan fingerprint density at radius 1 is 0.944 bits per heavy atom. The molecular formula is C13H7Cl3O2. The lowest BCUT2D eigenvalue weighted by Crippen LogP contribution is -1.97. The summed E-state index contributed by atoms with van der Waals surface area (Å²) in [4.78, 5) is 11.0. The van der Waals surface area contributed by atoms with Crippen molar-refractivity contribution in [1.82, 2.24) is 0 Å². The van der Waals surface area contributed by atoms with Gasteiger partial charge in [-0.25, -0.2) is 4.79 Å². The van der Waals surface area contributed by atoms with E-state index in [0.717, 1.165) is 0 Å². The minimum atomic E-state index is -1.08. The van der Waals surface area contributed by atoms with Crippen molar-refractivity contribution in [3.63, 3.8) is 0 Å². The van der Waals surface area contributed by atoms with Crippen molar-refractivity contribution >= 4 is 40.8 Å². The van der Waals surface area contributed by atoms with E-state index in [0.29, 0.717) is 21.2 Å². The number of carbonyl (C=O) groups is 1. The highest BCUT2D eigenvalue weighted by molar-refractivity contribution is 6.36. The SMILES string of the molecule is O=C(O)c1cc(-c2ccc(Cl)cc2Cl)ccc1Cl. The van der Waals surface area contributed by atoms with E-state index in [4.69, 9.17) is 39.9 Å². The zero-order chi connectivity index (χ0) is 13.3. The maximum atomic E-state index is 11.0. The minimum absolute atomic E-state index is 0.0418. The molecule has 0 aliphatic heterocycles. The highest BCUT2D eigenvalue weighted by Crippen LogP contribution is 2.32. The Morgan fingerprint density at radius 2 is 1.67 bits per heavy atom. The molecule has 1 N–H and O–H groups in total. The van der Waals surface area contributed by atoms with Gasteiger partial charge in [-0.1, -0.05) is 46.9 Å². The van der Waals surface area contributed by atoms with Gasteiger partial charge in [0.15, 0.2) is 0 Å². The molecule has 0 radical (unpaired) electrons. The van der Waals surface area contributed by atoms with Crippen LogP contribution < -0.4 is 0 Å². The van der Waals surface area contributed by atoms with Crippen LogP contribution in [0.25, 0.3) is 11.1 Å². The average molecular weight is 302 g/mol. The minimum Gasteiger partial charge on any atom is -0.478 e. The molecule has 0 aliphatic rings. The molecule has 5 heteroatoms. The lowest BCUT2D eigenvalue weighted by atomic mass is 10.0. The Labute approximate surface area is 119 Å². The molecule has 0 saturated heterocycles. The van der Waals surface area contributed by atoms with Crippen LogP contribution in [-0.2, 0) is 0 Å². The van der Waals surface area contributed by atoms with Gasteiger partial charge in [-0.2, -0.15) is 0 Å². The molecule has 2 aromatic carbocycles. The summed E-state index contributed by atoms with van der Waals surface area (Å²) in [6, 6.07) is 9.76. The van der Waals surface area contributed by atoms with Crippen LogP contribution in [0.15, 0.2) is 36.4 Å². The van der Waals surface area contributed by atoms with Crippen LogP contribution in [0.1, 0.15) is 10.4 Å². The summed E-state index contributed by atoms with van der Waals surface area (Å²) < 4.78 is 0. The molecule has 2 nitrogen and oxygen atoms in total. The molecule has 0 bridgehead atoms. The van der Waals surface area contributed by atoms with E-state index in [-0.39, 0.29) is 10.6 Å². The fraction of sp³-hybridized carbons (Fsp3) is 0. The van der Waals surface area contributed by atoms with Crippen molar-refractivity contribution in [1.29, 1.82) is 0 Å². The van der Waals surface area contributed by atoms with E-state index in [1.807, 2.05) is 0 Å². The average Bonchev–Trinajstić information content (AvgIpc) is 2.30. The number of hydrogen-bond donors (Lipinski definition) is 1. The van der Waals surface area contributed by atoms with Crippen LogP contribution in [-0.4, -0.2) is 11.1 Å². The fourth-order valence-electron chi connectivity index (χ4n) is 1.58. The molecule has 0 aliphatic carbocycles. The molecule has 0 unspecified atom stereocenters. The lowest BCUT2D eigenvalue weighted by molar-refractivity contribution is 0.0697. The summed E-state index contributed by atoms with van der Waals surface area (Å²) in [6.07, 6.45) is 0. The van der Waals surface area contributed by atoms with Crippen molar-refractivity contribution < 1.29 is 9.90 Å². The Balaban J connectivity index is 2.58. The Hall–Kier alpha value is -1.22. The van der Waals surface area contributed by atoms with Crippen LogP contribution in [0.3, 0.4) is 0 Å². The fourth-order valence-corrected chi connectivity index (χ4v) is 2.30. The predicted octanol–water partition coefficient (Wildman–Crippen LogP) is 5.01. The second-order valence-corrected chi connectivity index (χ2v) is 4.87. The second-order valence-electron chi connectivity index (χ2n) is 3.62.